The summed E-state index contributed by atoms with van der Waals surface area (Å²) in [7, 11) is 1.95. The van der Waals surface area contributed by atoms with Gasteiger partial charge < -0.3 is 24.8 Å². The molecule has 1 saturated heterocycles. The molecule has 3 aromatic carbocycles. The Morgan fingerprint density at radius 3 is 2.39 bits per heavy atom. The molecule has 0 saturated carbocycles. The molecule has 240 valence electrons. The molecule has 1 aliphatic rings. The quantitative estimate of drug-likeness (QED) is 0.105. The van der Waals surface area contributed by atoms with E-state index in [0.717, 1.165) is 47.4 Å². The molecule has 11 nitrogen and oxygen atoms in total. The molecule has 1 fully saturated rings. The highest BCUT2D eigenvalue weighted by molar-refractivity contribution is 6.11. The van der Waals surface area contributed by atoms with Gasteiger partial charge in [0.15, 0.2) is 0 Å². The van der Waals surface area contributed by atoms with Gasteiger partial charge in [0.05, 0.1) is 30.7 Å². The van der Waals surface area contributed by atoms with Crippen LogP contribution in [0, 0.1) is 5.41 Å². The third-order valence-electron chi connectivity index (χ3n) is 8.32. The zero-order valence-corrected chi connectivity index (χ0v) is 26.6. The molecule has 0 bridgehead atoms. The van der Waals surface area contributed by atoms with Crippen LogP contribution in [0.4, 0.5) is 5.69 Å². The van der Waals surface area contributed by atoms with Crippen LogP contribution in [0.15, 0.2) is 72.8 Å². The largest absolute Gasteiger partial charge is 0.465 e. The highest BCUT2D eigenvalue weighted by atomic mass is 16.5. The van der Waals surface area contributed by atoms with Crippen LogP contribution >= 0.6 is 0 Å². The van der Waals surface area contributed by atoms with Gasteiger partial charge in [-0.05, 0) is 80.3 Å². The van der Waals surface area contributed by atoms with E-state index in [-0.39, 0.29) is 24.2 Å². The number of imidazole rings is 1. The smallest absolute Gasteiger partial charge is 0.319 e. The van der Waals surface area contributed by atoms with Gasteiger partial charge in [-0.1, -0.05) is 31.2 Å². The van der Waals surface area contributed by atoms with Gasteiger partial charge in [0.1, 0.15) is 17.2 Å². The molecule has 4 aromatic rings. The fraction of sp³-hybridized carbons (Fsp3) is 0.343. The number of likely N-dealkylation sites (tertiary alicyclic amines) is 1. The number of anilines is 1. The van der Waals surface area contributed by atoms with Crippen molar-refractivity contribution in [3.63, 3.8) is 0 Å². The van der Waals surface area contributed by atoms with E-state index in [0.29, 0.717) is 37.4 Å². The van der Waals surface area contributed by atoms with Gasteiger partial charge in [-0.25, -0.2) is 4.98 Å². The topological polar surface area (TPSA) is 141 Å². The van der Waals surface area contributed by atoms with E-state index < -0.39 is 11.5 Å². The Labute approximate surface area is 268 Å². The monoisotopic (exact) mass is 623 g/mol. The standard InChI is InChI=1S/C35H41N7O4/c1-4-20-46-31(43)23-38-35(2,34(45)42-18-8-9-19-42)26-14-17-29-28(21-26)39-30(41(29)3)22-37-27-15-12-24(13-16-27)32(36)40-33(44)25-10-6-5-7-11-25/h5-7,10-17,21,37-38H,4,8-9,18-20,22-23H2,1-3H3,(H2,36,40,44)/t35-/m1/s1. The van der Waals surface area contributed by atoms with Gasteiger partial charge in [0, 0.05) is 37.0 Å². The van der Waals surface area contributed by atoms with Gasteiger partial charge >= 0.3 is 5.97 Å². The summed E-state index contributed by atoms with van der Waals surface area (Å²) < 4.78 is 7.26. The summed E-state index contributed by atoms with van der Waals surface area (Å²) in [5, 5.41) is 17.5. The molecule has 1 aromatic heterocycles. The van der Waals surface area contributed by atoms with Crippen LogP contribution < -0.4 is 16.0 Å². The number of aromatic nitrogens is 2. The minimum absolute atomic E-state index is 0.0223. The predicted octanol–water partition coefficient (Wildman–Crippen LogP) is 4.32. The Hall–Kier alpha value is -5.03. The lowest BCUT2D eigenvalue weighted by atomic mass is 9.89. The summed E-state index contributed by atoms with van der Waals surface area (Å²) >= 11 is 0. The number of nitrogens with zero attached hydrogens (tertiary/aromatic N) is 3. The first kappa shape index (κ1) is 32.4. The SMILES string of the molecule is CCCOC(=O)CN[C@@](C)(C(=O)N1CCCC1)c1ccc2c(c1)nc(CNc1ccc(C(=N)NC(=O)c3ccccc3)cc1)n2C. The van der Waals surface area contributed by atoms with Crippen LogP contribution in [0.25, 0.3) is 11.0 Å². The fourth-order valence-corrected chi connectivity index (χ4v) is 5.56. The first-order valence-electron chi connectivity index (χ1n) is 15.6. The second-order valence-electron chi connectivity index (χ2n) is 11.6. The van der Waals surface area contributed by atoms with Crippen molar-refractivity contribution in [2.24, 2.45) is 7.05 Å². The zero-order chi connectivity index (χ0) is 32.7. The van der Waals surface area contributed by atoms with E-state index in [1.807, 2.05) is 66.8 Å². The lowest BCUT2D eigenvalue weighted by molar-refractivity contribution is -0.144. The van der Waals surface area contributed by atoms with Crippen molar-refractivity contribution in [1.29, 1.82) is 5.41 Å². The number of hydrogen-bond donors (Lipinski definition) is 4. The summed E-state index contributed by atoms with van der Waals surface area (Å²) in [6.45, 7) is 5.85. The normalized spacial score (nSPS) is 14.1. The summed E-state index contributed by atoms with van der Waals surface area (Å²) in [6, 6.07) is 21.9. The first-order valence-corrected chi connectivity index (χ1v) is 15.6. The molecule has 0 aliphatic carbocycles. The number of aryl methyl sites for hydroxylation is 1. The zero-order valence-electron chi connectivity index (χ0n) is 26.6. The van der Waals surface area contributed by atoms with Crippen LogP contribution in [0.1, 0.15) is 60.4 Å². The number of hydrogen-bond acceptors (Lipinski definition) is 8. The van der Waals surface area contributed by atoms with Crippen molar-refractivity contribution in [3.05, 3.63) is 95.3 Å². The van der Waals surface area contributed by atoms with Crippen LogP contribution in [-0.2, 0) is 33.5 Å². The Morgan fingerprint density at radius 1 is 0.978 bits per heavy atom. The molecule has 5 rings (SSSR count). The average molecular weight is 624 g/mol. The van der Waals surface area contributed by atoms with Crippen molar-refractivity contribution in [3.8, 4) is 0 Å². The Bertz CT molecular complexity index is 1710. The predicted molar refractivity (Wildman–Crippen MR) is 178 cm³/mol. The lowest BCUT2D eigenvalue weighted by Gasteiger charge is -2.34. The maximum atomic E-state index is 13.8. The van der Waals surface area contributed by atoms with Gasteiger partial charge in [0.2, 0.25) is 5.91 Å². The molecule has 0 radical (unpaired) electrons. The first-order chi connectivity index (χ1) is 22.2. The van der Waals surface area contributed by atoms with Gasteiger partial charge in [0.25, 0.3) is 5.91 Å². The lowest BCUT2D eigenvalue weighted by Crippen LogP contribution is -2.54. The van der Waals surface area contributed by atoms with Crippen molar-refractivity contribution in [2.45, 2.75) is 45.2 Å². The Kier molecular flexibility index (Phi) is 10.1. The van der Waals surface area contributed by atoms with Crippen molar-refractivity contribution in [1.82, 2.24) is 25.1 Å². The van der Waals surface area contributed by atoms with Crippen molar-refractivity contribution in [2.75, 3.05) is 31.6 Å². The van der Waals surface area contributed by atoms with Crippen molar-refractivity contribution < 1.29 is 19.1 Å². The third-order valence-corrected chi connectivity index (χ3v) is 8.32. The van der Waals surface area contributed by atoms with E-state index in [1.54, 1.807) is 36.4 Å². The van der Waals surface area contributed by atoms with Crippen LogP contribution in [-0.4, -0.2) is 64.3 Å². The number of ether oxygens (including phenoxy) is 1. The van der Waals surface area contributed by atoms with E-state index in [4.69, 9.17) is 15.1 Å². The molecule has 11 heteroatoms. The molecule has 4 N–H and O–H groups in total. The maximum Gasteiger partial charge on any atom is 0.319 e. The van der Waals surface area contributed by atoms with E-state index >= 15 is 0 Å². The van der Waals surface area contributed by atoms with Crippen LogP contribution in [0.3, 0.4) is 0 Å². The molecule has 0 spiro atoms. The van der Waals surface area contributed by atoms with Crippen molar-refractivity contribution >= 4 is 40.3 Å². The Morgan fingerprint density at radius 2 is 1.70 bits per heavy atom. The molecule has 2 amide bonds. The maximum absolute atomic E-state index is 13.8. The van der Waals surface area contributed by atoms with Crippen LogP contribution in [0.2, 0.25) is 0 Å². The minimum Gasteiger partial charge on any atom is -0.465 e. The summed E-state index contributed by atoms with van der Waals surface area (Å²) in [6.07, 6.45) is 2.66. The molecule has 1 atom stereocenters. The highest BCUT2D eigenvalue weighted by Gasteiger charge is 2.40. The molecule has 0 unspecified atom stereocenters. The molecule has 1 aliphatic heterocycles. The number of benzene rings is 3. The number of amides is 2. The number of nitrogens with one attached hydrogen (secondary N) is 4. The summed E-state index contributed by atoms with van der Waals surface area (Å²) in [4.78, 5) is 45.3. The van der Waals surface area contributed by atoms with E-state index in [2.05, 4.69) is 16.0 Å². The number of carbonyl (C=O) groups excluding carboxylic acids is 3. The molecular formula is C35H41N7O4. The minimum atomic E-state index is -1.13. The number of carbonyl (C=O) groups is 3. The fourth-order valence-electron chi connectivity index (χ4n) is 5.56. The van der Waals surface area contributed by atoms with Gasteiger partial charge in [-0.15, -0.1) is 0 Å². The highest BCUT2D eigenvalue weighted by Crippen LogP contribution is 2.29. The van der Waals surface area contributed by atoms with Crippen LogP contribution in [0.5, 0.6) is 0 Å². The second-order valence-corrected chi connectivity index (χ2v) is 11.6. The average Bonchev–Trinajstić information content (AvgIpc) is 3.73. The van der Waals surface area contributed by atoms with E-state index in [9.17, 15) is 14.4 Å². The second kappa shape index (κ2) is 14.4. The summed E-state index contributed by atoms with van der Waals surface area (Å²) in [5.74, 6) is 0.0266. The number of esters is 1. The number of fused-ring (bicyclic) bond motifs is 1. The number of amidine groups is 1. The van der Waals surface area contributed by atoms with E-state index in [1.165, 1.54) is 0 Å². The molecular weight excluding hydrogens is 582 g/mol. The molecule has 2 heterocycles. The Balaban J connectivity index is 1.28. The number of rotatable bonds is 12. The van der Waals surface area contributed by atoms with Gasteiger partial charge in [-0.2, -0.15) is 0 Å². The van der Waals surface area contributed by atoms with Gasteiger partial charge in [-0.3, -0.25) is 25.1 Å². The molecule has 46 heavy (non-hydrogen) atoms. The summed E-state index contributed by atoms with van der Waals surface area (Å²) in [5.41, 5.74) is 3.17. The third kappa shape index (κ3) is 7.26.